The molecule has 0 amide bonds. The highest BCUT2D eigenvalue weighted by atomic mass is 19.1. The second-order valence-corrected chi connectivity index (χ2v) is 3.26. The molecule has 4 nitrogen and oxygen atoms in total. The molecule has 0 fully saturated rings. The molecule has 1 unspecified atom stereocenters. The Hall–Kier alpha value is -1.78. The fraction of sp³-hybridized carbons (Fsp3) is 0.364. The van der Waals surface area contributed by atoms with Crippen LogP contribution >= 0.6 is 0 Å². The average molecular weight is 228 g/mol. The third-order valence-corrected chi connectivity index (χ3v) is 2.35. The van der Waals surface area contributed by atoms with Crippen molar-refractivity contribution in [3.63, 3.8) is 0 Å². The van der Waals surface area contributed by atoms with Crippen molar-refractivity contribution in [1.29, 1.82) is 0 Å². The van der Waals surface area contributed by atoms with Crippen LogP contribution in [0, 0.1) is 5.82 Å². The van der Waals surface area contributed by atoms with Crippen LogP contribution in [-0.4, -0.2) is 25.3 Å². The van der Waals surface area contributed by atoms with E-state index in [1.807, 2.05) is 0 Å². The summed E-state index contributed by atoms with van der Waals surface area (Å²) >= 11 is 0. The van der Waals surface area contributed by atoms with Crippen LogP contribution in [-0.2, 0) is 4.79 Å². The lowest BCUT2D eigenvalue weighted by Gasteiger charge is -2.14. The summed E-state index contributed by atoms with van der Waals surface area (Å²) in [5.41, 5.74) is 0.285. The van der Waals surface area contributed by atoms with Crippen molar-refractivity contribution >= 4 is 5.97 Å². The SMILES string of the molecule is COc1ccc(C(C)C(=O)O)c(OC)c1F. The molecule has 0 aliphatic rings. The van der Waals surface area contributed by atoms with Crippen molar-refractivity contribution in [1.82, 2.24) is 0 Å². The van der Waals surface area contributed by atoms with Crippen molar-refractivity contribution in [3.05, 3.63) is 23.5 Å². The second kappa shape index (κ2) is 4.83. The van der Waals surface area contributed by atoms with E-state index in [0.29, 0.717) is 0 Å². The highest BCUT2D eigenvalue weighted by Gasteiger charge is 2.22. The van der Waals surface area contributed by atoms with E-state index in [-0.39, 0.29) is 17.1 Å². The Balaban J connectivity index is 3.31. The molecule has 1 aromatic carbocycles. The van der Waals surface area contributed by atoms with Gasteiger partial charge in [-0.3, -0.25) is 4.79 Å². The smallest absolute Gasteiger partial charge is 0.310 e. The molecule has 0 spiro atoms. The molecule has 1 atom stereocenters. The van der Waals surface area contributed by atoms with Gasteiger partial charge in [0.15, 0.2) is 11.5 Å². The lowest BCUT2D eigenvalue weighted by molar-refractivity contribution is -0.138. The van der Waals surface area contributed by atoms with E-state index < -0.39 is 17.7 Å². The molecule has 0 saturated carbocycles. The molecule has 0 aliphatic heterocycles. The van der Waals surface area contributed by atoms with E-state index in [2.05, 4.69) is 0 Å². The van der Waals surface area contributed by atoms with Gasteiger partial charge in [0.1, 0.15) is 0 Å². The van der Waals surface area contributed by atoms with Gasteiger partial charge in [0, 0.05) is 5.56 Å². The van der Waals surface area contributed by atoms with Crippen LogP contribution in [0.1, 0.15) is 18.4 Å². The summed E-state index contributed by atoms with van der Waals surface area (Å²) in [6, 6.07) is 2.87. The van der Waals surface area contributed by atoms with Crippen molar-refractivity contribution < 1.29 is 23.8 Å². The Morgan fingerprint density at radius 1 is 1.38 bits per heavy atom. The molecule has 5 heteroatoms. The van der Waals surface area contributed by atoms with Crippen LogP contribution in [0.25, 0.3) is 0 Å². The normalized spacial score (nSPS) is 12.0. The van der Waals surface area contributed by atoms with E-state index in [1.54, 1.807) is 0 Å². The number of benzene rings is 1. The maximum Gasteiger partial charge on any atom is 0.310 e. The molecule has 16 heavy (non-hydrogen) atoms. The van der Waals surface area contributed by atoms with Crippen LogP contribution in [0.4, 0.5) is 4.39 Å². The highest BCUT2D eigenvalue weighted by Crippen LogP contribution is 2.34. The minimum absolute atomic E-state index is 0.0261. The summed E-state index contributed by atoms with van der Waals surface area (Å²) < 4.78 is 23.4. The van der Waals surface area contributed by atoms with Crippen LogP contribution in [0.3, 0.4) is 0 Å². The van der Waals surface area contributed by atoms with E-state index in [4.69, 9.17) is 14.6 Å². The van der Waals surface area contributed by atoms with Crippen molar-refractivity contribution in [2.75, 3.05) is 14.2 Å². The summed E-state index contributed by atoms with van der Waals surface area (Å²) in [6.45, 7) is 1.46. The molecule has 0 saturated heterocycles. The van der Waals surface area contributed by atoms with Crippen molar-refractivity contribution in [2.24, 2.45) is 0 Å². The second-order valence-electron chi connectivity index (χ2n) is 3.26. The molecule has 1 N–H and O–H groups in total. The van der Waals surface area contributed by atoms with Gasteiger partial charge < -0.3 is 14.6 Å². The maximum atomic E-state index is 13.7. The number of halogens is 1. The third-order valence-electron chi connectivity index (χ3n) is 2.35. The number of carboxylic acid groups (broad SMARTS) is 1. The standard InChI is InChI=1S/C11H13FO4/c1-6(11(13)14)7-4-5-8(15-2)9(12)10(7)16-3/h4-6H,1-3H3,(H,13,14). The van der Waals surface area contributed by atoms with E-state index >= 15 is 0 Å². The first-order valence-corrected chi connectivity index (χ1v) is 4.66. The minimum atomic E-state index is -1.04. The summed E-state index contributed by atoms with van der Waals surface area (Å²) in [5.74, 6) is -2.62. The number of methoxy groups -OCH3 is 2. The Labute approximate surface area is 92.6 Å². The predicted octanol–water partition coefficient (Wildman–Crippen LogP) is 2.03. The molecular weight excluding hydrogens is 215 g/mol. The van der Waals surface area contributed by atoms with Crippen molar-refractivity contribution in [2.45, 2.75) is 12.8 Å². The van der Waals surface area contributed by atoms with Crippen LogP contribution in [0.5, 0.6) is 11.5 Å². The van der Waals surface area contributed by atoms with Gasteiger partial charge in [-0.1, -0.05) is 6.07 Å². The third kappa shape index (κ3) is 2.08. The Kier molecular flexibility index (Phi) is 3.71. The predicted molar refractivity (Wildman–Crippen MR) is 55.6 cm³/mol. The summed E-state index contributed by atoms with van der Waals surface area (Å²) in [5, 5.41) is 8.86. The number of carboxylic acids is 1. The van der Waals surface area contributed by atoms with Gasteiger partial charge in [-0.2, -0.15) is 4.39 Å². The zero-order valence-corrected chi connectivity index (χ0v) is 9.28. The summed E-state index contributed by atoms with van der Waals surface area (Å²) in [7, 11) is 2.62. The first kappa shape index (κ1) is 12.3. The number of aliphatic carboxylic acids is 1. The zero-order chi connectivity index (χ0) is 12.3. The lowest BCUT2D eigenvalue weighted by Crippen LogP contribution is -2.10. The van der Waals surface area contributed by atoms with Gasteiger partial charge in [0.05, 0.1) is 20.1 Å². The lowest BCUT2D eigenvalue weighted by atomic mass is 10.00. The topological polar surface area (TPSA) is 55.8 Å². The van der Waals surface area contributed by atoms with Crippen LogP contribution in [0.2, 0.25) is 0 Å². The van der Waals surface area contributed by atoms with Crippen molar-refractivity contribution in [3.8, 4) is 11.5 Å². The summed E-state index contributed by atoms with van der Waals surface area (Å²) in [6.07, 6.45) is 0. The molecule has 88 valence electrons. The van der Waals surface area contributed by atoms with Gasteiger partial charge in [-0.15, -0.1) is 0 Å². The molecule has 0 bridgehead atoms. The molecule has 1 rings (SSSR count). The largest absolute Gasteiger partial charge is 0.494 e. The van der Waals surface area contributed by atoms with Gasteiger partial charge in [0.25, 0.3) is 0 Å². The Morgan fingerprint density at radius 2 is 2.00 bits per heavy atom. The number of rotatable bonds is 4. The monoisotopic (exact) mass is 228 g/mol. The summed E-state index contributed by atoms with van der Waals surface area (Å²) in [4.78, 5) is 10.8. The van der Waals surface area contributed by atoms with Gasteiger partial charge in [-0.25, -0.2) is 0 Å². The van der Waals surface area contributed by atoms with Gasteiger partial charge >= 0.3 is 5.97 Å². The molecule has 0 aromatic heterocycles. The first-order valence-electron chi connectivity index (χ1n) is 4.66. The Morgan fingerprint density at radius 3 is 2.44 bits per heavy atom. The number of carbonyl (C=O) groups is 1. The van der Waals surface area contributed by atoms with E-state index in [9.17, 15) is 9.18 Å². The first-order chi connectivity index (χ1) is 7.52. The van der Waals surface area contributed by atoms with E-state index in [0.717, 1.165) is 0 Å². The average Bonchev–Trinajstić information content (AvgIpc) is 2.27. The zero-order valence-electron chi connectivity index (χ0n) is 9.28. The number of ether oxygens (including phenoxy) is 2. The molecule has 1 aromatic rings. The van der Waals surface area contributed by atoms with Crippen LogP contribution in [0.15, 0.2) is 12.1 Å². The quantitative estimate of drug-likeness (QED) is 0.856. The fourth-order valence-corrected chi connectivity index (χ4v) is 1.39. The minimum Gasteiger partial charge on any atom is -0.494 e. The Bertz CT molecular complexity index is 403. The maximum absolute atomic E-state index is 13.7. The molecule has 0 aliphatic carbocycles. The van der Waals surface area contributed by atoms with E-state index in [1.165, 1.54) is 33.3 Å². The fourth-order valence-electron chi connectivity index (χ4n) is 1.39. The van der Waals surface area contributed by atoms with Crippen LogP contribution < -0.4 is 9.47 Å². The molecule has 0 heterocycles. The number of hydrogen-bond donors (Lipinski definition) is 1. The molecular formula is C11H13FO4. The van der Waals surface area contributed by atoms with Gasteiger partial charge in [0.2, 0.25) is 5.82 Å². The highest BCUT2D eigenvalue weighted by molar-refractivity contribution is 5.77. The molecule has 0 radical (unpaired) electrons. The van der Waals surface area contributed by atoms with Gasteiger partial charge in [-0.05, 0) is 13.0 Å². The number of hydrogen-bond acceptors (Lipinski definition) is 3.